The molecule has 3 aromatic rings. The number of para-hydroxylation sites is 2. The topological polar surface area (TPSA) is 102 Å². The Morgan fingerprint density at radius 1 is 0.917 bits per heavy atom. The second-order valence-electron chi connectivity index (χ2n) is 8.02. The molecule has 8 nitrogen and oxygen atoms in total. The van der Waals surface area contributed by atoms with E-state index in [4.69, 9.17) is 9.47 Å². The van der Waals surface area contributed by atoms with Crippen LogP contribution in [0.1, 0.15) is 35.3 Å². The summed E-state index contributed by atoms with van der Waals surface area (Å²) in [5, 5.41) is 2.74. The second kappa shape index (κ2) is 11.7. The van der Waals surface area contributed by atoms with Crippen molar-refractivity contribution in [3.05, 3.63) is 83.4 Å². The van der Waals surface area contributed by atoms with Crippen molar-refractivity contribution < 1.29 is 27.5 Å². The molecule has 9 heteroatoms. The van der Waals surface area contributed by atoms with E-state index in [0.29, 0.717) is 23.6 Å². The third kappa shape index (κ3) is 6.23. The quantitative estimate of drug-likeness (QED) is 0.396. The van der Waals surface area contributed by atoms with E-state index >= 15 is 0 Å². The fourth-order valence-electron chi connectivity index (χ4n) is 3.50. The zero-order valence-electron chi connectivity index (χ0n) is 20.8. The molecule has 0 aliphatic rings. The number of carbonyl (C=O) groups excluding carboxylic acids is 2. The minimum Gasteiger partial charge on any atom is -0.492 e. The van der Waals surface area contributed by atoms with Crippen LogP contribution in [0, 0.1) is 13.8 Å². The first kappa shape index (κ1) is 26.7. The summed E-state index contributed by atoms with van der Waals surface area (Å²) >= 11 is 0. The van der Waals surface area contributed by atoms with Gasteiger partial charge in [0.2, 0.25) is 5.91 Å². The van der Waals surface area contributed by atoms with Crippen molar-refractivity contribution in [2.45, 2.75) is 32.6 Å². The molecular weight excluding hydrogens is 480 g/mol. The third-order valence-electron chi connectivity index (χ3n) is 5.35. The number of hydrogen-bond donors (Lipinski definition) is 1. The summed E-state index contributed by atoms with van der Waals surface area (Å²) in [7, 11) is -4.12. The second-order valence-corrected chi connectivity index (χ2v) is 9.89. The van der Waals surface area contributed by atoms with E-state index < -0.39 is 28.4 Å². The molecule has 3 aromatic carbocycles. The van der Waals surface area contributed by atoms with Gasteiger partial charge in [0.15, 0.2) is 0 Å². The van der Waals surface area contributed by atoms with E-state index in [0.717, 1.165) is 9.87 Å². The van der Waals surface area contributed by atoms with Crippen molar-refractivity contribution in [1.82, 2.24) is 0 Å². The molecule has 190 valence electrons. The zero-order valence-corrected chi connectivity index (χ0v) is 21.6. The Balaban J connectivity index is 1.98. The number of rotatable bonds is 10. The van der Waals surface area contributed by atoms with Crippen LogP contribution in [0.5, 0.6) is 5.75 Å². The molecule has 0 aliphatic heterocycles. The number of ether oxygens (including phenoxy) is 2. The predicted octanol–water partition coefficient (Wildman–Crippen LogP) is 4.71. The molecule has 1 amide bonds. The lowest BCUT2D eigenvalue weighted by Gasteiger charge is -2.26. The van der Waals surface area contributed by atoms with Crippen LogP contribution < -0.4 is 14.4 Å². The van der Waals surface area contributed by atoms with Gasteiger partial charge in [-0.25, -0.2) is 13.2 Å². The summed E-state index contributed by atoms with van der Waals surface area (Å²) in [6.07, 6.45) is 0. The first-order valence-electron chi connectivity index (χ1n) is 11.6. The molecule has 0 unspecified atom stereocenters. The number of carbonyl (C=O) groups is 2. The lowest BCUT2D eigenvalue weighted by atomic mass is 10.1. The van der Waals surface area contributed by atoms with Gasteiger partial charge in [-0.15, -0.1) is 0 Å². The van der Waals surface area contributed by atoms with Crippen LogP contribution >= 0.6 is 0 Å². The maximum Gasteiger partial charge on any atom is 0.338 e. The van der Waals surface area contributed by atoms with Gasteiger partial charge < -0.3 is 14.8 Å². The van der Waals surface area contributed by atoms with Crippen molar-refractivity contribution in [1.29, 1.82) is 0 Å². The van der Waals surface area contributed by atoms with Gasteiger partial charge >= 0.3 is 5.97 Å². The largest absolute Gasteiger partial charge is 0.492 e. The van der Waals surface area contributed by atoms with Gasteiger partial charge in [0, 0.05) is 5.69 Å². The number of esters is 1. The number of aryl methyl sites for hydroxylation is 2. The van der Waals surface area contributed by atoms with Crippen LogP contribution in [0.15, 0.2) is 71.6 Å². The molecular formula is C27H30N2O6S. The van der Waals surface area contributed by atoms with Crippen LogP contribution in [0.4, 0.5) is 11.4 Å². The van der Waals surface area contributed by atoms with Crippen molar-refractivity contribution >= 4 is 33.3 Å². The first-order valence-corrected chi connectivity index (χ1v) is 13.0. The maximum atomic E-state index is 13.7. The molecule has 0 heterocycles. The zero-order chi connectivity index (χ0) is 26.3. The lowest BCUT2D eigenvalue weighted by Crippen LogP contribution is -2.38. The van der Waals surface area contributed by atoms with E-state index in [1.165, 1.54) is 18.2 Å². The summed E-state index contributed by atoms with van der Waals surface area (Å²) in [5.74, 6) is -0.757. The van der Waals surface area contributed by atoms with Crippen LogP contribution in [0.2, 0.25) is 0 Å². The predicted molar refractivity (Wildman–Crippen MR) is 139 cm³/mol. The summed E-state index contributed by atoms with van der Waals surface area (Å²) in [5.41, 5.74) is 2.52. The number of sulfonamides is 1. The van der Waals surface area contributed by atoms with Crippen LogP contribution in [0.3, 0.4) is 0 Å². The van der Waals surface area contributed by atoms with Crippen LogP contribution in [0.25, 0.3) is 0 Å². The van der Waals surface area contributed by atoms with Gasteiger partial charge in [0.25, 0.3) is 10.0 Å². The third-order valence-corrected chi connectivity index (χ3v) is 7.13. The maximum absolute atomic E-state index is 13.7. The Morgan fingerprint density at radius 2 is 1.61 bits per heavy atom. The number of hydrogen-bond acceptors (Lipinski definition) is 6. The number of benzene rings is 3. The van der Waals surface area contributed by atoms with E-state index in [1.54, 1.807) is 69.3 Å². The highest BCUT2D eigenvalue weighted by Crippen LogP contribution is 2.32. The normalized spacial score (nSPS) is 11.0. The molecule has 36 heavy (non-hydrogen) atoms. The molecule has 0 radical (unpaired) electrons. The highest BCUT2D eigenvalue weighted by atomic mass is 32.2. The minimum atomic E-state index is -4.12. The summed E-state index contributed by atoms with van der Waals surface area (Å²) in [6, 6.07) is 17.9. The fourth-order valence-corrected chi connectivity index (χ4v) is 4.93. The van der Waals surface area contributed by atoms with E-state index in [1.807, 2.05) is 6.92 Å². The molecule has 0 spiro atoms. The van der Waals surface area contributed by atoms with Gasteiger partial charge in [0.05, 0.1) is 29.4 Å². The van der Waals surface area contributed by atoms with Gasteiger partial charge in [-0.1, -0.05) is 35.9 Å². The fraction of sp³-hybridized carbons (Fsp3) is 0.259. The first-order chi connectivity index (χ1) is 17.2. The van der Waals surface area contributed by atoms with Gasteiger partial charge in [0.1, 0.15) is 12.3 Å². The SMILES string of the molecule is CCOC(=O)c1ccc(C)c(NC(=O)CN(c2ccccc2OCC)S(=O)(=O)c2ccc(C)cc2)c1. The molecule has 1 N–H and O–H groups in total. The number of nitrogens with one attached hydrogen (secondary N) is 1. The Kier molecular flexibility index (Phi) is 8.71. The van der Waals surface area contributed by atoms with Crippen molar-refractivity contribution in [2.75, 3.05) is 29.4 Å². The van der Waals surface area contributed by atoms with Crippen molar-refractivity contribution in [3.8, 4) is 5.75 Å². The Hall–Kier alpha value is -3.85. The number of amides is 1. The smallest absolute Gasteiger partial charge is 0.338 e. The summed E-state index contributed by atoms with van der Waals surface area (Å²) in [6.45, 7) is 7.17. The lowest BCUT2D eigenvalue weighted by molar-refractivity contribution is -0.114. The molecule has 0 atom stereocenters. The highest BCUT2D eigenvalue weighted by molar-refractivity contribution is 7.92. The Labute approximate surface area is 211 Å². The van der Waals surface area contributed by atoms with E-state index in [9.17, 15) is 18.0 Å². The van der Waals surface area contributed by atoms with E-state index in [2.05, 4.69) is 5.32 Å². The molecule has 0 bridgehead atoms. The molecule has 0 saturated heterocycles. The van der Waals surface area contributed by atoms with Gasteiger partial charge in [-0.05, 0) is 69.7 Å². The summed E-state index contributed by atoms with van der Waals surface area (Å²) < 4.78 is 39.1. The summed E-state index contributed by atoms with van der Waals surface area (Å²) in [4.78, 5) is 25.4. The monoisotopic (exact) mass is 510 g/mol. The molecule has 0 aromatic heterocycles. The Morgan fingerprint density at radius 3 is 2.28 bits per heavy atom. The van der Waals surface area contributed by atoms with Gasteiger partial charge in [-0.2, -0.15) is 0 Å². The van der Waals surface area contributed by atoms with Crippen LogP contribution in [-0.2, 0) is 19.6 Å². The molecule has 3 rings (SSSR count). The van der Waals surface area contributed by atoms with Crippen LogP contribution in [-0.4, -0.2) is 40.1 Å². The van der Waals surface area contributed by atoms with Gasteiger partial charge in [-0.3, -0.25) is 9.10 Å². The minimum absolute atomic E-state index is 0.0488. The molecule has 0 fully saturated rings. The molecule has 0 aliphatic carbocycles. The standard InChI is InChI=1S/C27H30N2O6S/c1-5-34-25-10-8-7-9-24(25)29(36(32,33)22-15-11-19(3)12-16-22)18-26(30)28-23-17-21(14-13-20(23)4)27(31)35-6-2/h7-17H,5-6,18H2,1-4H3,(H,28,30). The Bertz CT molecular complexity index is 1340. The average Bonchev–Trinajstić information content (AvgIpc) is 2.85. The van der Waals surface area contributed by atoms with Crippen molar-refractivity contribution in [3.63, 3.8) is 0 Å². The number of nitrogens with zero attached hydrogens (tertiary/aromatic N) is 1. The highest BCUT2D eigenvalue weighted by Gasteiger charge is 2.29. The van der Waals surface area contributed by atoms with E-state index in [-0.39, 0.29) is 22.8 Å². The molecule has 0 saturated carbocycles. The average molecular weight is 511 g/mol. The number of anilines is 2. The van der Waals surface area contributed by atoms with Crippen molar-refractivity contribution in [2.24, 2.45) is 0 Å².